The molecular weight excluding hydrogens is 272 g/mol. The van der Waals surface area contributed by atoms with Crippen molar-refractivity contribution < 1.29 is 19.4 Å². The summed E-state index contributed by atoms with van der Waals surface area (Å²) in [5.41, 5.74) is 1.35. The third-order valence-electron chi connectivity index (χ3n) is 3.02. The Hall–Kier alpha value is -2.08. The van der Waals surface area contributed by atoms with Gasteiger partial charge in [0.15, 0.2) is 0 Å². The van der Waals surface area contributed by atoms with Crippen LogP contribution in [-0.4, -0.2) is 67.6 Å². The molecule has 0 atom stereocenters. The number of rotatable bonds is 7. The normalized spacial score (nSPS) is 10.5. The molecule has 6 nitrogen and oxygen atoms in total. The fraction of sp³-hybridized carbons (Fsp3) is 0.467. The van der Waals surface area contributed by atoms with E-state index < -0.39 is 5.97 Å². The predicted octanol–water partition coefficient (Wildman–Crippen LogP) is 1.09. The number of amides is 1. The molecule has 21 heavy (non-hydrogen) atoms. The summed E-state index contributed by atoms with van der Waals surface area (Å²) in [6.45, 7) is 2.50. The summed E-state index contributed by atoms with van der Waals surface area (Å²) in [7, 11) is 5.23. The van der Waals surface area contributed by atoms with Gasteiger partial charge in [-0.05, 0) is 38.7 Å². The second-order valence-corrected chi connectivity index (χ2v) is 5.13. The molecular formula is C15H22N2O4. The van der Waals surface area contributed by atoms with E-state index >= 15 is 0 Å². The Bertz CT molecular complexity index is 514. The average Bonchev–Trinajstić information content (AvgIpc) is 2.42. The van der Waals surface area contributed by atoms with Crippen LogP contribution in [0.15, 0.2) is 18.2 Å². The van der Waals surface area contributed by atoms with E-state index in [-0.39, 0.29) is 12.5 Å². The summed E-state index contributed by atoms with van der Waals surface area (Å²) in [6, 6.07) is 5.24. The van der Waals surface area contributed by atoms with Crippen LogP contribution >= 0.6 is 0 Å². The van der Waals surface area contributed by atoms with Crippen LogP contribution < -0.4 is 4.74 Å². The van der Waals surface area contributed by atoms with Gasteiger partial charge in [-0.1, -0.05) is 6.07 Å². The summed E-state index contributed by atoms with van der Waals surface area (Å²) < 4.78 is 5.22. The molecule has 0 fully saturated rings. The fourth-order valence-corrected chi connectivity index (χ4v) is 1.88. The molecule has 0 aliphatic heterocycles. The second-order valence-electron chi connectivity index (χ2n) is 5.13. The number of aliphatic carboxylic acids is 1. The van der Waals surface area contributed by atoms with Crippen molar-refractivity contribution in [3.05, 3.63) is 29.3 Å². The topological polar surface area (TPSA) is 70.1 Å². The lowest BCUT2D eigenvalue weighted by Crippen LogP contribution is -2.40. The number of carboxylic acids is 1. The number of carboxylic acid groups (broad SMARTS) is 1. The van der Waals surface area contributed by atoms with E-state index in [0.717, 1.165) is 5.56 Å². The molecule has 0 aliphatic carbocycles. The molecule has 1 aromatic carbocycles. The average molecular weight is 294 g/mol. The Labute approximate surface area is 124 Å². The van der Waals surface area contributed by atoms with Crippen LogP contribution in [-0.2, 0) is 4.79 Å². The molecule has 6 heteroatoms. The molecule has 0 saturated heterocycles. The van der Waals surface area contributed by atoms with Gasteiger partial charge in [0.1, 0.15) is 12.3 Å². The van der Waals surface area contributed by atoms with Gasteiger partial charge in [-0.3, -0.25) is 9.59 Å². The monoisotopic (exact) mass is 294 g/mol. The van der Waals surface area contributed by atoms with Gasteiger partial charge < -0.3 is 19.6 Å². The minimum absolute atomic E-state index is 0.330. The van der Waals surface area contributed by atoms with Crippen molar-refractivity contribution in [3.8, 4) is 5.75 Å². The minimum atomic E-state index is -1.03. The van der Waals surface area contributed by atoms with Crippen LogP contribution in [0.4, 0.5) is 0 Å². The number of carbonyl (C=O) groups is 2. The Morgan fingerprint density at radius 2 is 1.90 bits per heavy atom. The summed E-state index contributed by atoms with van der Waals surface area (Å²) in [5.74, 6) is -0.912. The Morgan fingerprint density at radius 3 is 2.43 bits per heavy atom. The molecule has 1 N–H and O–H groups in total. The lowest BCUT2D eigenvalue weighted by atomic mass is 10.1. The van der Waals surface area contributed by atoms with Crippen molar-refractivity contribution in [1.29, 1.82) is 0 Å². The number of aryl methyl sites for hydroxylation is 1. The lowest BCUT2D eigenvalue weighted by Gasteiger charge is -2.23. The largest absolute Gasteiger partial charge is 0.496 e. The van der Waals surface area contributed by atoms with Crippen LogP contribution in [0.2, 0.25) is 0 Å². The summed E-state index contributed by atoms with van der Waals surface area (Å²) >= 11 is 0. The van der Waals surface area contributed by atoms with Crippen LogP contribution in [0.5, 0.6) is 5.75 Å². The summed E-state index contributed by atoms with van der Waals surface area (Å²) in [4.78, 5) is 26.7. The van der Waals surface area contributed by atoms with E-state index in [0.29, 0.717) is 24.4 Å². The van der Waals surface area contributed by atoms with Gasteiger partial charge >= 0.3 is 5.97 Å². The van der Waals surface area contributed by atoms with E-state index in [1.54, 1.807) is 18.2 Å². The maximum absolute atomic E-state index is 12.5. The Balaban J connectivity index is 3.01. The first-order valence-corrected chi connectivity index (χ1v) is 6.65. The van der Waals surface area contributed by atoms with E-state index in [1.807, 2.05) is 25.9 Å². The van der Waals surface area contributed by atoms with Crippen molar-refractivity contribution in [2.24, 2.45) is 0 Å². The number of carbonyl (C=O) groups excluding carboxylic acids is 1. The third-order valence-corrected chi connectivity index (χ3v) is 3.02. The molecule has 0 unspecified atom stereocenters. The number of benzene rings is 1. The standard InChI is InChI=1S/C15H22N2O4/c1-11-5-6-12(13(9-11)21-4)15(20)17(10-14(18)19)8-7-16(2)3/h5-6,9H,7-8,10H2,1-4H3,(H,18,19). The third kappa shape index (κ3) is 5.07. The summed E-state index contributed by atoms with van der Waals surface area (Å²) in [5, 5.41) is 8.98. The zero-order valence-corrected chi connectivity index (χ0v) is 12.9. The van der Waals surface area contributed by atoms with Crippen molar-refractivity contribution in [2.45, 2.75) is 6.92 Å². The van der Waals surface area contributed by atoms with Crippen LogP contribution in [0, 0.1) is 6.92 Å². The lowest BCUT2D eigenvalue weighted by molar-refractivity contribution is -0.137. The Kier molecular flexibility index (Phi) is 6.17. The quantitative estimate of drug-likeness (QED) is 0.815. The van der Waals surface area contributed by atoms with Crippen LogP contribution in [0.25, 0.3) is 0 Å². The van der Waals surface area contributed by atoms with E-state index in [9.17, 15) is 9.59 Å². The molecule has 116 valence electrons. The number of nitrogens with zero attached hydrogens (tertiary/aromatic N) is 2. The van der Waals surface area contributed by atoms with Gasteiger partial charge in [-0.15, -0.1) is 0 Å². The maximum atomic E-state index is 12.5. The van der Waals surface area contributed by atoms with Crippen LogP contribution in [0.3, 0.4) is 0 Å². The van der Waals surface area contributed by atoms with E-state index in [2.05, 4.69) is 0 Å². The van der Waals surface area contributed by atoms with Gasteiger partial charge in [-0.2, -0.15) is 0 Å². The highest BCUT2D eigenvalue weighted by atomic mass is 16.5. The number of likely N-dealkylation sites (N-methyl/N-ethyl adjacent to an activating group) is 1. The zero-order valence-electron chi connectivity index (χ0n) is 12.9. The first kappa shape index (κ1) is 17.0. The van der Waals surface area contributed by atoms with Gasteiger partial charge in [0, 0.05) is 13.1 Å². The highest BCUT2D eigenvalue weighted by molar-refractivity contribution is 5.98. The maximum Gasteiger partial charge on any atom is 0.323 e. The first-order valence-electron chi connectivity index (χ1n) is 6.65. The van der Waals surface area contributed by atoms with Gasteiger partial charge in [0.2, 0.25) is 0 Å². The van der Waals surface area contributed by atoms with Crippen molar-refractivity contribution in [1.82, 2.24) is 9.80 Å². The van der Waals surface area contributed by atoms with Gasteiger partial charge in [0.05, 0.1) is 12.7 Å². The second kappa shape index (κ2) is 7.64. The molecule has 0 bridgehead atoms. The number of hydrogen-bond acceptors (Lipinski definition) is 4. The number of hydrogen-bond donors (Lipinski definition) is 1. The minimum Gasteiger partial charge on any atom is -0.496 e. The molecule has 0 aliphatic rings. The van der Waals surface area contributed by atoms with Gasteiger partial charge in [-0.25, -0.2) is 0 Å². The molecule has 1 amide bonds. The molecule has 0 saturated carbocycles. The molecule has 0 spiro atoms. The molecule has 1 aromatic rings. The number of ether oxygens (including phenoxy) is 1. The molecule has 1 rings (SSSR count). The first-order chi connectivity index (χ1) is 9.85. The van der Waals surface area contributed by atoms with Crippen molar-refractivity contribution in [2.75, 3.05) is 40.8 Å². The summed E-state index contributed by atoms with van der Waals surface area (Å²) in [6.07, 6.45) is 0. The Morgan fingerprint density at radius 1 is 1.24 bits per heavy atom. The zero-order chi connectivity index (χ0) is 16.0. The molecule has 0 aromatic heterocycles. The molecule has 0 radical (unpaired) electrons. The number of methoxy groups -OCH3 is 1. The fourth-order valence-electron chi connectivity index (χ4n) is 1.88. The van der Waals surface area contributed by atoms with Gasteiger partial charge in [0.25, 0.3) is 5.91 Å². The van der Waals surface area contributed by atoms with Crippen molar-refractivity contribution in [3.63, 3.8) is 0 Å². The molecule has 0 heterocycles. The highest BCUT2D eigenvalue weighted by Gasteiger charge is 2.21. The van der Waals surface area contributed by atoms with Crippen molar-refractivity contribution >= 4 is 11.9 Å². The SMILES string of the molecule is COc1cc(C)ccc1C(=O)N(CCN(C)C)CC(=O)O. The predicted molar refractivity (Wildman–Crippen MR) is 79.8 cm³/mol. The highest BCUT2D eigenvalue weighted by Crippen LogP contribution is 2.21. The van der Waals surface area contributed by atoms with E-state index in [4.69, 9.17) is 9.84 Å². The van der Waals surface area contributed by atoms with E-state index in [1.165, 1.54) is 12.0 Å². The van der Waals surface area contributed by atoms with Crippen LogP contribution in [0.1, 0.15) is 15.9 Å². The smallest absolute Gasteiger partial charge is 0.323 e.